The number of halogens is 1. The molecule has 88 valence electrons. The van der Waals surface area contributed by atoms with Gasteiger partial charge in [0.2, 0.25) is 0 Å². The molecule has 0 heterocycles. The van der Waals surface area contributed by atoms with Crippen molar-refractivity contribution < 1.29 is 19.8 Å². The molecule has 1 aromatic carbocycles. The normalized spacial score (nSPS) is 14.4. The van der Waals surface area contributed by atoms with Crippen molar-refractivity contribution in [3.05, 3.63) is 39.4 Å². The van der Waals surface area contributed by atoms with Crippen LogP contribution >= 0.6 is 15.9 Å². The van der Waals surface area contributed by atoms with Crippen LogP contribution in [0.3, 0.4) is 0 Å². The number of rotatable bonds is 2. The second-order valence-electron chi connectivity index (χ2n) is 3.73. The fourth-order valence-corrected chi connectivity index (χ4v) is 2.61. The highest BCUT2D eigenvalue weighted by atomic mass is 79.9. The van der Waals surface area contributed by atoms with Gasteiger partial charge in [0.25, 0.3) is 0 Å². The second-order valence-corrected chi connectivity index (χ2v) is 4.58. The molecule has 1 aromatic rings. The molecule has 0 saturated carbocycles. The Bertz CT molecular complexity index is 545. The molecule has 4 nitrogen and oxygen atoms in total. The van der Waals surface area contributed by atoms with E-state index in [1.165, 1.54) is 0 Å². The number of carboxylic acids is 2. The average Bonchev–Trinajstić information content (AvgIpc) is 2.27. The van der Waals surface area contributed by atoms with E-state index < -0.39 is 11.9 Å². The number of aliphatic carboxylic acids is 2. The number of hydrogen-bond donors (Lipinski definition) is 2. The topological polar surface area (TPSA) is 74.6 Å². The molecule has 0 amide bonds. The van der Waals surface area contributed by atoms with Crippen molar-refractivity contribution in [1.82, 2.24) is 0 Å². The van der Waals surface area contributed by atoms with Gasteiger partial charge < -0.3 is 10.2 Å². The van der Waals surface area contributed by atoms with Crippen LogP contribution in [0.15, 0.2) is 28.2 Å². The van der Waals surface area contributed by atoms with Crippen molar-refractivity contribution >= 4 is 33.4 Å². The zero-order chi connectivity index (χ0) is 12.6. The van der Waals surface area contributed by atoms with E-state index in [1.807, 2.05) is 6.07 Å². The van der Waals surface area contributed by atoms with Crippen LogP contribution in [-0.4, -0.2) is 22.2 Å². The average molecular weight is 297 g/mol. The maximum absolute atomic E-state index is 11.2. The van der Waals surface area contributed by atoms with Crippen molar-refractivity contribution in [3.63, 3.8) is 0 Å². The van der Waals surface area contributed by atoms with E-state index in [4.69, 9.17) is 10.2 Å². The summed E-state index contributed by atoms with van der Waals surface area (Å²) in [7, 11) is 0. The summed E-state index contributed by atoms with van der Waals surface area (Å²) < 4.78 is 0.818. The van der Waals surface area contributed by atoms with Gasteiger partial charge in [0.1, 0.15) is 0 Å². The first kappa shape index (κ1) is 11.9. The molecule has 17 heavy (non-hydrogen) atoms. The summed E-state index contributed by atoms with van der Waals surface area (Å²) in [5, 5.41) is 18.2. The third kappa shape index (κ3) is 1.98. The van der Waals surface area contributed by atoms with E-state index >= 15 is 0 Å². The van der Waals surface area contributed by atoms with Gasteiger partial charge in [-0.3, -0.25) is 0 Å². The fourth-order valence-electron chi connectivity index (χ4n) is 2.04. The lowest BCUT2D eigenvalue weighted by Gasteiger charge is -2.19. The SMILES string of the molecule is O=C(O)C1=C(C(=O)O)c2cccc(Br)c2CC1. The van der Waals surface area contributed by atoms with Crippen LogP contribution in [-0.2, 0) is 16.0 Å². The zero-order valence-electron chi connectivity index (χ0n) is 8.74. The van der Waals surface area contributed by atoms with Crippen molar-refractivity contribution in [1.29, 1.82) is 0 Å². The van der Waals surface area contributed by atoms with E-state index in [9.17, 15) is 9.59 Å². The number of fused-ring (bicyclic) bond motifs is 1. The highest BCUT2D eigenvalue weighted by Gasteiger charge is 2.28. The molecule has 0 unspecified atom stereocenters. The van der Waals surface area contributed by atoms with E-state index in [-0.39, 0.29) is 17.6 Å². The molecule has 0 bridgehead atoms. The van der Waals surface area contributed by atoms with Gasteiger partial charge >= 0.3 is 11.9 Å². The van der Waals surface area contributed by atoms with Crippen LogP contribution in [0.1, 0.15) is 17.5 Å². The lowest BCUT2D eigenvalue weighted by atomic mass is 9.85. The van der Waals surface area contributed by atoms with Gasteiger partial charge in [-0.25, -0.2) is 9.59 Å². The Kier molecular flexibility index (Phi) is 3.02. The Labute approximate surface area is 106 Å². The standard InChI is InChI=1S/C12H9BrO4/c13-9-3-1-2-7-6(9)4-5-8(11(14)15)10(7)12(16)17/h1-3H,4-5H2,(H,14,15)(H,16,17). The number of carboxylic acid groups (broad SMARTS) is 2. The van der Waals surface area contributed by atoms with Crippen LogP contribution in [0.25, 0.3) is 5.57 Å². The molecule has 2 N–H and O–H groups in total. The van der Waals surface area contributed by atoms with Gasteiger partial charge in [0, 0.05) is 4.47 Å². The Morgan fingerprint density at radius 1 is 1.12 bits per heavy atom. The maximum Gasteiger partial charge on any atom is 0.336 e. The zero-order valence-corrected chi connectivity index (χ0v) is 10.3. The summed E-state index contributed by atoms with van der Waals surface area (Å²) in [6.07, 6.45) is 0.780. The summed E-state index contributed by atoms with van der Waals surface area (Å²) in [5.74, 6) is -2.35. The third-order valence-corrected chi connectivity index (χ3v) is 3.53. The van der Waals surface area contributed by atoms with Crippen molar-refractivity contribution in [2.45, 2.75) is 12.8 Å². The van der Waals surface area contributed by atoms with E-state index in [2.05, 4.69) is 15.9 Å². The summed E-state index contributed by atoms with van der Waals surface area (Å²) in [4.78, 5) is 22.2. The minimum absolute atomic E-state index is 0.0249. The number of benzene rings is 1. The maximum atomic E-state index is 11.2. The van der Waals surface area contributed by atoms with Gasteiger partial charge in [0.05, 0.1) is 11.1 Å². The molecule has 1 aliphatic carbocycles. The predicted molar refractivity (Wildman–Crippen MR) is 64.7 cm³/mol. The fraction of sp³-hybridized carbons (Fsp3) is 0.167. The van der Waals surface area contributed by atoms with Crippen LogP contribution in [0.2, 0.25) is 0 Å². The second kappa shape index (κ2) is 4.33. The summed E-state index contributed by atoms with van der Waals surface area (Å²) in [6, 6.07) is 5.17. The molecule has 0 radical (unpaired) electrons. The minimum Gasteiger partial charge on any atom is -0.478 e. The molecule has 0 saturated heterocycles. The Balaban J connectivity index is 2.72. The molecule has 0 fully saturated rings. The van der Waals surface area contributed by atoms with Gasteiger partial charge in [-0.1, -0.05) is 28.1 Å². The highest BCUT2D eigenvalue weighted by Crippen LogP contribution is 2.35. The number of carbonyl (C=O) groups is 2. The lowest BCUT2D eigenvalue weighted by molar-refractivity contribution is -0.134. The molecule has 2 rings (SSSR count). The quantitative estimate of drug-likeness (QED) is 0.878. The van der Waals surface area contributed by atoms with Crippen molar-refractivity contribution in [2.75, 3.05) is 0 Å². The Hall–Kier alpha value is -1.62. The Morgan fingerprint density at radius 2 is 1.82 bits per heavy atom. The molecule has 0 spiro atoms. The highest BCUT2D eigenvalue weighted by molar-refractivity contribution is 9.10. The first-order valence-corrected chi connectivity index (χ1v) is 5.79. The summed E-state index contributed by atoms with van der Waals surface area (Å²) in [6.45, 7) is 0. The molecule has 0 atom stereocenters. The van der Waals surface area contributed by atoms with Crippen LogP contribution in [0, 0.1) is 0 Å². The minimum atomic E-state index is -1.19. The smallest absolute Gasteiger partial charge is 0.336 e. The molecule has 0 aliphatic heterocycles. The molecule has 0 aromatic heterocycles. The first-order chi connectivity index (χ1) is 8.02. The Morgan fingerprint density at radius 3 is 2.41 bits per heavy atom. The van der Waals surface area contributed by atoms with Gasteiger partial charge in [0.15, 0.2) is 0 Å². The van der Waals surface area contributed by atoms with Gasteiger partial charge in [-0.2, -0.15) is 0 Å². The van der Waals surface area contributed by atoms with Gasteiger partial charge in [-0.15, -0.1) is 0 Å². The molecular formula is C12H9BrO4. The van der Waals surface area contributed by atoms with Crippen LogP contribution in [0.4, 0.5) is 0 Å². The largest absolute Gasteiger partial charge is 0.478 e. The van der Waals surface area contributed by atoms with E-state index in [0.29, 0.717) is 12.0 Å². The molecular weight excluding hydrogens is 288 g/mol. The first-order valence-electron chi connectivity index (χ1n) is 5.00. The predicted octanol–water partition coefficient (Wildman–Crippen LogP) is 2.32. The van der Waals surface area contributed by atoms with Crippen LogP contribution < -0.4 is 0 Å². The van der Waals surface area contributed by atoms with Crippen molar-refractivity contribution in [2.24, 2.45) is 0 Å². The lowest BCUT2D eigenvalue weighted by Crippen LogP contribution is -2.17. The third-order valence-electron chi connectivity index (χ3n) is 2.79. The summed E-state index contributed by atoms with van der Waals surface area (Å²) >= 11 is 3.35. The molecule has 5 heteroatoms. The van der Waals surface area contributed by atoms with Crippen molar-refractivity contribution in [3.8, 4) is 0 Å². The van der Waals surface area contributed by atoms with Crippen LogP contribution in [0.5, 0.6) is 0 Å². The number of hydrogen-bond acceptors (Lipinski definition) is 2. The summed E-state index contributed by atoms with van der Waals surface area (Å²) in [5.41, 5.74) is 1.23. The van der Waals surface area contributed by atoms with E-state index in [1.54, 1.807) is 12.1 Å². The molecule has 1 aliphatic rings. The van der Waals surface area contributed by atoms with Gasteiger partial charge in [-0.05, 0) is 30.0 Å². The van der Waals surface area contributed by atoms with E-state index in [0.717, 1.165) is 10.0 Å². The monoisotopic (exact) mass is 296 g/mol.